The second kappa shape index (κ2) is 9.25. The van der Waals surface area contributed by atoms with Crippen molar-refractivity contribution in [3.8, 4) is 11.6 Å². The summed E-state index contributed by atoms with van der Waals surface area (Å²) in [6.45, 7) is 2.70. The molecule has 0 aliphatic carbocycles. The molecule has 0 atom stereocenters. The Bertz CT molecular complexity index is 979. The molecule has 8 nitrogen and oxygen atoms in total. The number of hydrogen-bond donors (Lipinski definition) is 1. The first-order valence-electron chi connectivity index (χ1n) is 8.99. The number of anilines is 2. The number of pyridine rings is 1. The number of rotatable bonds is 6. The van der Waals surface area contributed by atoms with Crippen LogP contribution in [0, 0.1) is 0 Å². The van der Waals surface area contributed by atoms with Gasteiger partial charge in [-0.15, -0.1) is 10.2 Å². The monoisotopic (exact) mass is 431 g/mol. The predicted octanol–water partition coefficient (Wildman–Crippen LogP) is 3.35. The van der Waals surface area contributed by atoms with Gasteiger partial charge < -0.3 is 19.4 Å². The van der Waals surface area contributed by atoms with Gasteiger partial charge in [0.2, 0.25) is 5.91 Å². The molecule has 1 aliphatic rings. The number of aromatic nitrogens is 3. The fourth-order valence-corrected chi connectivity index (χ4v) is 3.76. The Morgan fingerprint density at radius 2 is 2.03 bits per heavy atom. The van der Waals surface area contributed by atoms with Crippen molar-refractivity contribution in [3.05, 3.63) is 47.6 Å². The van der Waals surface area contributed by atoms with E-state index in [1.54, 1.807) is 18.3 Å². The first-order valence-corrected chi connectivity index (χ1v) is 10.4. The third kappa shape index (κ3) is 4.87. The first kappa shape index (κ1) is 19.7. The van der Waals surface area contributed by atoms with E-state index in [4.69, 9.17) is 20.8 Å². The van der Waals surface area contributed by atoms with Gasteiger partial charge in [-0.05, 0) is 24.3 Å². The van der Waals surface area contributed by atoms with Crippen molar-refractivity contribution in [3.63, 3.8) is 0 Å². The van der Waals surface area contributed by atoms with Crippen LogP contribution in [0.1, 0.15) is 0 Å². The lowest BCUT2D eigenvalue weighted by Gasteiger charge is -2.31. The van der Waals surface area contributed by atoms with Crippen LogP contribution in [0.2, 0.25) is 5.02 Å². The summed E-state index contributed by atoms with van der Waals surface area (Å²) in [4.78, 5) is 18.8. The predicted molar refractivity (Wildman–Crippen MR) is 111 cm³/mol. The van der Waals surface area contributed by atoms with Crippen LogP contribution in [0.4, 0.5) is 11.4 Å². The SMILES string of the molecule is O=C(CSc1nnc(-c2ccccn2)o1)Nc1cccc(Cl)c1N1CCOCC1. The average molecular weight is 432 g/mol. The lowest BCUT2D eigenvalue weighted by molar-refractivity contribution is -0.113. The van der Waals surface area contributed by atoms with Crippen LogP contribution in [-0.4, -0.2) is 53.1 Å². The summed E-state index contributed by atoms with van der Waals surface area (Å²) >= 11 is 7.56. The Balaban J connectivity index is 1.39. The summed E-state index contributed by atoms with van der Waals surface area (Å²) in [6.07, 6.45) is 1.65. The number of thioether (sulfide) groups is 1. The maximum absolute atomic E-state index is 12.5. The van der Waals surface area contributed by atoms with Crippen LogP contribution in [0.25, 0.3) is 11.6 Å². The third-order valence-electron chi connectivity index (χ3n) is 4.21. The highest BCUT2D eigenvalue weighted by atomic mass is 35.5. The highest BCUT2D eigenvalue weighted by Gasteiger charge is 2.19. The standard InChI is InChI=1S/C19H18ClN5O3S/c20-13-4-3-6-14(17(13)25-8-10-27-11-9-25)22-16(26)12-29-19-24-23-18(28-19)15-5-1-2-7-21-15/h1-7H,8-12H2,(H,22,26). The summed E-state index contributed by atoms with van der Waals surface area (Å²) in [7, 11) is 0. The fraction of sp³-hybridized carbons (Fsp3) is 0.263. The van der Waals surface area contributed by atoms with E-state index in [1.165, 1.54) is 0 Å². The van der Waals surface area contributed by atoms with Crippen molar-refractivity contribution >= 4 is 40.6 Å². The van der Waals surface area contributed by atoms with Gasteiger partial charge in [0.25, 0.3) is 11.1 Å². The normalized spacial score (nSPS) is 14.0. The van der Waals surface area contributed by atoms with Gasteiger partial charge in [-0.25, -0.2) is 0 Å². The molecular weight excluding hydrogens is 414 g/mol. The van der Waals surface area contributed by atoms with E-state index in [0.717, 1.165) is 30.5 Å². The van der Waals surface area contributed by atoms with E-state index in [9.17, 15) is 4.79 Å². The summed E-state index contributed by atoms with van der Waals surface area (Å²) < 4.78 is 11.0. The van der Waals surface area contributed by atoms with Crippen LogP contribution >= 0.6 is 23.4 Å². The van der Waals surface area contributed by atoms with Crippen molar-refractivity contribution in [2.24, 2.45) is 0 Å². The van der Waals surface area contributed by atoms with E-state index in [1.807, 2.05) is 24.3 Å². The highest BCUT2D eigenvalue weighted by Crippen LogP contribution is 2.34. The summed E-state index contributed by atoms with van der Waals surface area (Å²) in [5.74, 6) is 0.251. The Hall–Kier alpha value is -2.62. The van der Waals surface area contributed by atoms with Gasteiger partial charge in [-0.1, -0.05) is 35.5 Å². The molecule has 10 heteroatoms. The Morgan fingerprint density at radius 1 is 1.17 bits per heavy atom. The minimum atomic E-state index is -0.190. The number of nitrogens with one attached hydrogen (secondary N) is 1. The van der Waals surface area contributed by atoms with E-state index >= 15 is 0 Å². The third-order valence-corrected chi connectivity index (χ3v) is 5.33. The van der Waals surface area contributed by atoms with Crippen molar-refractivity contribution in [1.82, 2.24) is 15.2 Å². The molecule has 1 amide bonds. The van der Waals surface area contributed by atoms with Gasteiger partial charge in [-0.3, -0.25) is 9.78 Å². The maximum Gasteiger partial charge on any atom is 0.277 e. The number of halogens is 1. The number of carbonyl (C=O) groups is 1. The quantitative estimate of drug-likeness (QED) is 0.594. The van der Waals surface area contributed by atoms with E-state index in [0.29, 0.717) is 40.7 Å². The smallest absolute Gasteiger partial charge is 0.277 e. The zero-order valence-corrected chi connectivity index (χ0v) is 16.9. The van der Waals surface area contributed by atoms with Crippen molar-refractivity contribution in [2.75, 3.05) is 42.3 Å². The zero-order chi connectivity index (χ0) is 20.1. The second-order valence-corrected chi connectivity index (χ2v) is 7.49. The number of para-hydroxylation sites is 1. The van der Waals surface area contributed by atoms with Crippen molar-refractivity contribution in [1.29, 1.82) is 0 Å². The van der Waals surface area contributed by atoms with Gasteiger partial charge >= 0.3 is 0 Å². The molecule has 3 aromatic rings. The molecule has 4 rings (SSSR count). The van der Waals surface area contributed by atoms with Crippen LogP contribution in [0.15, 0.2) is 52.2 Å². The van der Waals surface area contributed by atoms with E-state index < -0.39 is 0 Å². The van der Waals surface area contributed by atoms with E-state index in [2.05, 4.69) is 25.4 Å². The largest absolute Gasteiger partial charge is 0.410 e. The van der Waals surface area contributed by atoms with Crippen molar-refractivity contribution in [2.45, 2.75) is 5.22 Å². The lowest BCUT2D eigenvalue weighted by atomic mass is 10.2. The summed E-state index contributed by atoms with van der Waals surface area (Å²) in [5, 5.41) is 11.8. The molecule has 1 N–H and O–H groups in total. The molecule has 0 bridgehead atoms. The second-order valence-electron chi connectivity index (χ2n) is 6.16. The average Bonchev–Trinajstić information content (AvgIpc) is 3.23. The number of ether oxygens (including phenoxy) is 1. The van der Waals surface area contributed by atoms with Gasteiger partial charge in [0.1, 0.15) is 5.69 Å². The first-order chi connectivity index (χ1) is 14.2. The number of benzene rings is 1. The van der Waals surface area contributed by atoms with Gasteiger partial charge in [0.15, 0.2) is 0 Å². The maximum atomic E-state index is 12.5. The molecule has 2 aromatic heterocycles. The fourth-order valence-electron chi connectivity index (χ4n) is 2.90. The molecular formula is C19H18ClN5O3S. The molecule has 1 aliphatic heterocycles. The summed E-state index contributed by atoms with van der Waals surface area (Å²) in [6, 6.07) is 10.9. The lowest BCUT2D eigenvalue weighted by Crippen LogP contribution is -2.37. The van der Waals surface area contributed by atoms with E-state index in [-0.39, 0.29) is 11.7 Å². The molecule has 3 heterocycles. The molecule has 1 fully saturated rings. The van der Waals surface area contributed by atoms with Crippen LogP contribution in [0.3, 0.4) is 0 Å². The molecule has 0 saturated carbocycles. The Kier molecular flexibility index (Phi) is 6.28. The zero-order valence-electron chi connectivity index (χ0n) is 15.4. The van der Waals surface area contributed by atoms with Gasteiger partial charge in [-0.2, -0.15) is 0 Å². The number of hydrogen-bond acceptors (Lipinski definition) is 8. The van der Waals surface area contributed by atoms with Gasteiger partial charge in [0, 0.05) is 19.3 Å². The summed E-state index contributed by atoms with van der Waals surface area (Å²) in [5.41, 5.74) is 2.07. The Labute approximate surface area is 176 Å². The highest BCUT2D eigenvalue weighted by molar-refractivity contribution is 7.99. The topological polar surface area (TPSA) is 93.4 Å². The molecule has 0 radical (unpaired) electrons. The number of nitrogens with zero attached hydrogens (tertiary/aromatic N) is 4. The minimum Gasteiger partial charge on any atom is -0.410 e. The Morgan fingerprint density at radius 3 is 2.83 bits per heavy atom. The van der Waals surface area contributed by atoms with Crippen LogP contribution in [0.5, 0.6) is 0 Å². The van der Waals surface area contributed by atoms with Gasteiger partial charge in [0.05, 0.1) is 35.4 Å². The number of morpholine rings is 1. The minimum absolute atomic E-state index is 0.124. The van der Waals surface area contributed by atoms with Crippen molar-refractivity contribution < 1.29 is 13.9 Å². The molecule has 0 unspecified atom stereocenters. The number of amides is 1. The van der Waals surface area contributed by atoms with Crippen LogP contribution < -0.4 is 10.2 Å². The molecule has 1 saturated heterocycles. The molecule has 0 spiro atoms. The van der Waals surface area contributed by atoms with Crippen LogP contribution in [-0.2, 0) is 9.53 Å². The molecule has 29 heavy (non-hydrogen) atoms. The number of carbonyl (C=O) groups excluding carboxylic acids is 1. The molecule has 150 valence electrons. The molecule has 1 aromatic carbocycles.